The molecule has 4 aromatic rings. The molecule has 184 valence electrons. The Hall–Kier alpha value is -3.85. The van der Waals surface area contributed by atoms with Crippen LogP contribution in [0.1, 0.15) is 38.1 Å². The molecule has 9 nitrogen and oxygen atoms in total. The Morgan fingerprint density at radius 2 is 1.75 bits per heavy atom. The third-order valence-electron chi connectivity index (χ3n) is 7.09. The summed E-state index contributed by atoms with van der Waals surface area (Å²) in [5, 5.41) is 12.0. The van der Waals surface area contributed by atoms with Crippen LogP contribution >= 0.6 is 0 Å². The van der Waals surface area contributed by atoms with Gasteiger partial charge in [0.25, 0.3) is 5.56 Å². The van der Waals surface area contributed by atoms with Gasteiger partial charge in [-0.3, -0.25) is 9.78 Å². The van der Waals surface area contributed by atoms with Gasteiger partial charge < -0.3 is 15.5 Å². The molecule has 1 aliphatic heterocycles. The van der Waals surface area contributed by atoms with Crippen molar-refractivity contribution < 1.29 is 0 Å². The van der Waals surface area contributed by atoms with Crippen LogP contribution in [0.5, 0.6) is 0 Å². The fourth-order valence-corrected chi connectivity index (χ4v) is 5.16. The van der Waals surface area contributed by atoms with Crippen LogP contribution in [0.2, 0.25) is 0 Å². The lowest BCUT2D eigenvalue weighted by atomic mass is 9.95. The van der Waals surface area contributed by atoms with E-state index in [-0.39, 0.29) is 11.6 Å². The zero-order valence-electron chi connectivity index (χ0n) is 20.2. The first-order chi connectivity index (χ1) is 17.8. The molecule has 0 spiro atoms. The Balaban J connectivity index is 1.36. The van der Waals surface area contributed by atoms with Crippen molar-refractivity contribution in [2.75, 3.05) is 36.4 Å². The van der Waals surface area contributed by atoms with E-state index in [0.29, 0.717) is 28.2 Å². The average molecular weight is 483 g/mol. The number of piperazine rings is 1. The van der Waals surface area contributed by atoms with Crippen molar-refractivity contribution in [2.45, 2.75) is 38.1 Å². The van der Waals surface area contributed by atoms with Crippen LogP contribution < -0.4 is 21.1 Å². The fourth-order valence-electron chi connectivity index (χ4n) is 5.16. The third kappa shape index (κ3) is 4.54. The van der Waals surface area contributed by atoms with Gasteiger partial charge in [0, 0.05) is 49.9 Å². The largest absolute Gasteiger partial charge is 0.369 e. The van der Waals surface area contributed by atoms with E-state index in [0.717, 1.165) is 57.5 Å². The summed E-state index contributed by atoms with van der Waals surface area (Å²) in [6, 6.07) is 14.1. The Morgan fingerprint density at radius 3 is 2.50 bits per heavy atom. The second kappa shape index (κ2) is 10.0. The topological polar surface area (TPSA) is 101 Å². The lowest BCUT2D eigenvalue weighted by Gasteiger charge is -2.29. The molecule has 2 fully saturated rings. The van der Waals surface area contributed by atoms with Crippen LogP contribution in [0.4, 0.5) is 17.3 Å². The van der Waals surface area contributed by atoms with Gasteiger partial charge in [0.15, 0.2) is 0 Å². The Labute approximate surface area is 209 Å². The van der Waals surface area contributed by atoms with E-state index < -0.39 is 0 Å². The number of rotatable bonds is 5. The highest BCUT2D eigenvalue weighted by Crippen LogP contribution is 2.29. The normalized spacial score (nSPS) is 16.8. The van der Waals surface area contributed by atoms with E-state index >= 15 is 0 Å². The quantitative estimate of drug-likeness (QED) is 0.442. The number of fused-ring (bicyclic) bond motifs is 1. The Morgan fingerprint density at radius 1 is 0.944 bits per heavy atom. The number of benzene rings is 1. The molecular weight excluding hydrogens is 452 g/mol. The number of anilines is 3. The van der Waals surface area contributed by atoms with Gasteiger partial charge in [0.2, 0.25) is 5.95 Å². The summed E-state index contributed by atoms with van der Waals surface area (Å²) in [6.45, 7) is 4.00. The summed E-state index contributed by atoms with van der Waals surface area (Å²) in [4.78, 5) is 29.6. The van der Waals surface area contributed by atoms with Gasteiger partial charge in [-0.15, -0.1) is 0 Å². The third-order valence-corrected chi connectivity index (χ3v) is 7.09. The van der Waals surface area contributed by atoms with Crippen LogP contribution in [-0.4, -0.2) is 50.9 Å². The SMILES string of the molecule is O=c1c2cnc(Nc3ccc(N4CCNCC4)cc3)nc2c(-c2ccccn2)nn1C1CCCCC1. The van der Waals surface area contributed by atoms with Gasteiger partial charge in [0.05, 0.1) is 17.1 Å². The molecule has 0 radical (unpaired) electrons. The van der Waals surface area contributed by atoms with Gasteiger partial charge in [0.1, 0.15) is 11.2 Å². The molecule has 3 aromatic heterocycles. The summed E-state index contributed by atoms with van der Waals surface area (Å²) in [6.07, 6.45) is 8.72. The van der Waals surface area contributed by atoms with E-state index in [2.05, 4.69) is 37.6 Å². The molecule has 0 unspecified atom stereocenters. The molecule has 1 saturated heterocycles. The summed E-state index contributed by atoms with van der Waals surface area (Å²) in [5.41, 5.74) is 3.76. The molecule has 2 aliphatic rings. The van der Waals surface area contributed by atoms with Gasteiger partial charge in [-0.25, -0.2) is 14.6 Å². The monoisotopic (exact) mass is 482 g/mol. The zero-order chi connectivity index (χ0) is 24.3. The van der Waals surface area contributed by atoms with Crippen molar-refractivity contribution in [1.29, 1.82) is 0 Å². The predicted molar refractivity (Wildman–Crippen MR) is 142 cm³/mol. The molecule has 4 heterocycles. The van der Waals surface area contributed by atoms with Gasteiger partial charge in [-0.05, 0) is 49.2 Å². The van der Waals surface area contributed by atoms with E-state index in [1.807, 2.05) is 30.3 Å². The molecule has 0 amide bonds. The molecule has 36 heavy (non-hydrogen) atoms. The molecule has 6 rings (SSSR count). The molecule has 1 aliphatic carbocycles. The number of aromatic nitrogens is 5. The van der Waals surface area contributed by atoms with Crippen molar-refractivity contribution in [3.63, 3.8) is 0 Å². The lowest BCUT2D eigenvalue weighted by Crippen LogP contribution is -2.43. The maximum atomic E-state index is 13.4. The highest BCUT2D eigenvalue weighted by atomic mass is 16.1. The predicted octanol–water partition coefficient (Wildman–Crippen LogP) is 3.91. The minimum Gasteiger partial charge on any atom is -0.369 e. The second-order valence-electron chi connectivity index (χ2n) is 9.47. The first-order valence-corrected chi connectivity index (χ1v) is 12.8. The van der Waals surface area contributed by atoms with E-state index in [9.17, 15) is 4.79 Å². The van der Waals surface area contributed by atoms with E-state index in [4.69, 9.17) is 10.1 Å². The van der Waals surface area contributed by atoms with Crippen molar-refractivity contribution >= 4 is 28.2 Å². The van der Waals surface area contributed by atoms with E-state index in [1.54, 1.807) is 17.1 Å². The van der Waals surface area contributed by atoms with Crippen LogP contribution in [-0.2, 0) is 0 Å². The molecular formula is C27H30N8O. The number of nitrogens with zero attached hydrogens (tertiary/aromatic N) is 6. The second-order valence-corrected chi connectivity index (χ2v) is 9.47. The first kappa shape index (κ1) is 22.6. The Kier molecular flexibility index (Phi) is 6.29. The standard InChI is InChI=1S/C27H30N8O/c36-26-22-18-30-27(31-19-9-11-20(12-10-19)34-16-14-28-15-17-34)32-24(22)25(23-8-4-5-13-29-23)33-35(26)21-6-2-1-3-7-21/h4-5,8-13,18,21,28H,1-3,6-7,14-17H2,(H,30,31,32). The number of hydrogen-bond acceptors (Lipinski definition) is 8. The maximum absolute atomic E-state index is 13.4. The molecule has 1 aromatic carbocycles. The van der Waals surface area contributed by atoms with Crippen LogP contribution in [0.3, 0.4) is 0 Å². The maximum Gasteiger partial charge on any atom is 0.278 e. The van der Waals surface area contributed by atoms with Gasteiger partial charge in [-0.2, -0.15) is 5.10 Å². The van der Waals surface area contributed by atoms with Gasteiger partial charge in [-0.1, -0.05) is 25.3 Å². The summed E-state index contributed by atoms with van der Waals surface area (Å²) < 4.78 is 1.65. The smallest absolute Gasteiger partial charge is 0.278 e. The highest BCUT2D eigenvalue weighted by Gasteiger charge is 2.22. The zero-order valence-corrected chi connectivity index (χ0v) is 20.2. The van der Waals surface area contributed by atoms with Gasteiger partial charge >= 0.3 is 0 Å². The van der Waals surface area contributed by atoms with Crippen LogP contribution in [0, 0.1) is 0 Å². The summed E-state index contributed by atoms with van der Waals surface area (Å²) in [7, 11) is 0. The summed E-state index contributed by atoms with van der Waals surface area (Å²) in [5.74, 6) is 0.422. The Bertz CT molecular complexity index is 1390. The number of nitrogens with one attached hydrogen (secondary N) is 2. The molecule has 0 atom stereocenters. The summed E-state index contributed by atoms with van der Waals surface area (Å²) >= 11 is 0. The first-order valence-electron chi connectivity index (χ1n) is 12.8. The van der Waals surface area contributed by atoms with Crippen LogP contribution in [0.25, 0.3) is 22.3 Å². The fraction of sp³-hybridized carbons (Fsp3) is 0.370. The molecule has 0 bridgehead atoms. The molecule has 9 heteroatoms. The van der Waals surface area contributed by atoms with E-state index in [1.165, 1.54) is 12.1 Å². The minimum absolute atomic E-state index is 0.102. The molecule has 1 saturated carbocycles. The minimum atomic E-state index is -0.136. The van der Waals surface area contributed by atoms with Crippen LogP contribution in [0.15, 0.2) is 59.7 Å². The average Bonchev–Trinajstić information content (AvgIpc) is 2.95. The highest BCUT2D eigenvalue weighted by molar-refractivity contribution is 5.89. The lowest BCUT2D eigenvalue weighted by molar-refractivity contribution is 0.321. The van der Waals surface area contributed by atoms with Crippen molar-refractivity contribution in [1.82, 2.24) is 30.0 Å². The van der Waals surface area contributed by atoms with Crippen molar-refractivity contribution in [3.05, 3.63) is 65.2 Å². The van der Waals surface area contributed by atoms with Crippen molar-refractivity contribution in [2.24, 2.45) is 0 Å². The number of pyridine rings is 1. The number of hydrogen-bond donors (Lipinski definition) is 2. The van der Waals surface area contributed by atoms with Crippen molar-refractivity contribution in [3.8, 4) is 11.4 Å². The molecule has 2 N–H and O–H groups in total.